The molecule has 2 amide bonds. The summed E-state index contributed by atoms with van der Waals surface area (Å²) in [6.45, 7) is 6.87. The van der Waals surface area contributed by atoms with Crippen molar-refractivity contribution < 1.29 is 14.3 Å². The van der Waals surface area contributed by atoms with Gasteiger partial charge in [0.15, 0.2) is 0 Å². The van der Waals surface area contributed by atoms with E-state index in [1.165, 1.54) is 11.8 Å². The van der Waals surface area contributed by atoms with Crippen LogP contribution in [-0.2, 0) is 9.53 Å². The molecule has 1 N–H and O–H groups in total. The van der Waals surface area contributed by atoms with Gasteiger partial charge < -0.3 is 9.64 Å². The Balaban J connectivity index is 2.78. The molecular formula is C14H20N2O3. The molecule has 104 valence electrons. The van der Waals surface area contributed by atoms with Crippen LogP contribution in [0.25, 0.3) is 0 Å². The fourth-order valence-corrected chi connectivity index (χ4v) is 1.40. The van der Waals surface area contributed by atoms with E-state index in [0.29, 0.717) is 11.4 Å². The first-order chi connectivity index (χ1) is 8.69. The van der Waals surface area contributed by atoms with Gasteiger partial charge in [-0.1, -0.05) is 6.07 Å². The van der Waals surface area contributed by atoms with Gasteiger partial charge in [-0.25, -0.2) is 4.79 Å². The summed E-state index contributed by atoms with van der Waals surface area (Å²) in [7, 11) is 1.68. The van der Waals surface area contributed by atoms with Gasteiger partial charge in [0.05, 0.1) is 0 Å². The van der Waals surface area contributed by atoms with Crippen LogP contribution in [0.5, 0.6) is 0 Å². The Hall–Kier alpha value is -2.04. The van der Waals surface area contributed by atoms with Crippen LogP contribution in [0.15, 0.2) is 24.3 Å². The van der Waals surface area contributed by atoms with Gasteiger partial charge in [-0.2, -0.15) is 0 Å². The normalized spacial score (nSPS) is 10.8. The molecule has 0 aromatic heterocycles. The van der Waals surface area contributed by atoms with Crippen molar-refractivity contribution in [3.8, 4) is 0 Å². The average Bonchev–Trinajstić information content (AvgIpc) is 2.25. The Kier molecular flexibility index (Phi) is 4.53. The molecular weight excluding hydrogens is 244 g/mol. The third-order valence-electron chi connectivity index (χ3n) is 2.35. The molecule has 19 heavy (non-hydrogen) atoms. The lowest BCUT2D eigenvalue weighted by molar-refractivity contribution is -0.116. The second kappa shape index (κ2) is 5.73. The molecule has 0 spiro atoms. The minimum absolute atomic E-state index is 0.0746. The number of nitrogens with zero attached hydrogens (tertiary/aromatic N) is 1. The molecule has 0 saturated carbocycles. The lowest BCUT2D eigenvalue weighted by atomic mass is 10.2. The third-order valence-corrected chi connectivity index (χ3v) is 2.35. The molecule has 1 aromatic rings. The van der Waals surface area contributed by atoms with Gasteiger partial charge in [-0.15, -0.1) is 0 Å². The average molecular weight is 264 g/mol. The van der Waals surface area contributed by atoms with Gasteiger partial charge in [-0.3, -0.25) is 10.1 Å². The molecule has 1 aromatic carbocycles. The molecule has 0 bridgehead atoms. The number of benzene rings is 1. The molecule has 5 nitrogen and oxygen atoms in total. The van der Waals surface area contributed by atoms with Crippen LogP contribution in [0.4, 0.5) is 16.2 Å². The monoisotopic (exact) mass is 264 g/mol. The highest BCUT2D eigenvalue weighted by atomic mass is 16.6. The minimum Gasteiger partial charge on any atom is -0.444 e. The minimum atomic E-state index is -0.544. The number of hydrogen-bond donors (Lipinski definition) is 1. The van der Waals surface area contributed by atoms with Crippen LogP contribution in [0.2, 0.25) is 0 Å². The zero-order valence-electron chi connectivity index (χ0n) is 12.0. The fraction of sp³-hybridized carbons (Fsp3) is 0.429. The quantitative estimate of drug-likeness (QED) is 0.893. The van der Waals surface area contributed by atoms with E-state index in [9.17, 15) is 9.59 Å². The van der Waals surface area contributed by atoms with Crippen LogP contribution >= 0.6 is 0 Å². The standard InChI is InChI=1S/C14H20N2O3/c1-10(17)16(5)12-8-6-7-11(9-12)15-13(18)19-14(2,3)4/h6-9H,1-5H3,(H,15,18). The van der Waals surface area contributed by atoms with Crippen LogP contribution < -0.4 is 10.2 Å². The Morgan fingerprint density at radius 2 is 1.89 bits per heavy atom. The van der Waals surface area contributed by atoms with Crippen LogP contribution in [-0.4, -0.2) is 24.6 Å². The number of ether oxygens (including phenoxy) is 1. The molecule has 0 aliphatic rings. The van der Waals surface area contributed by atoms with Crippen LogP contribution in [0.3, 0.4) is 0 Å². The lowest BCUT2D eigenvalue weighted by Gasteiger charge is -2.20. The molecule has 5 heteroatoms. The fourth-order valence-electron chi connectivity index (χ4n) is 1.40. The van der Waals surface area contributed by atoms with E-state index in [4.69, 9.17) is 4.74 Å². The first-order valence-corrected chi connectivity index (χ1v) is 6.03. The molecule has 0 saturated heterocycles. The molecule has 0 unspecified atom stereocenters. The summed E-state index contributed by atoms with van der Waals surface area (Å²) >= 11 is 0. The molecule has 0 aliphatic carbocycles. The topological polar surface area (TPSA) is 58.6 Å². The number of hydrogen-bond acceptors (Lipinski definition) is 3. The van der Waals surface area contributed by atoms with Crippen molar-refractivity contribution in [2.75, 3.05) is 17.3 Å². The Bertz CT molecular complexity index is 478. The van der Waals surface area contributed by atoms with Crippen molar-refractivity contribution in [1.29, 1.82) is 0 Å². The number of amides is 2. The SMILES string of the molecule is CC(=O)N(C)c1cccc(NC(=O)OC(C)(C)C)c1. The maximum Gasteiger partial charge on any atom is 0.412 e. The highest BCUT2D eigenvalue weighted by molar-refractivity contribution is 5.92. The van der Waals surface area contributed by atoms with Crippen molar-refractivity contribution >= 4 is 23.4 Å². The highest BCUT2D eigenvalue weighted by Gasteiger charge is 2.16. The molecule has 0 heterocycles. The summed E-state index contributed by atoms with van der Waals surface area (Å²) in [5, 5.41) is 2.63. The number of carbonyl (C=O) groups excluding carboxylic acids is 2. The van der Waals surface area contributed by atoms with Crippen LogP contribution in [0.1, 0.15) is 27.7 Å². The summed E-state index contributed by atoms with van der Waals surface area (Å²) in [5.74, 6) is -0.0746. The molecule has 0 atom stereocenters. The second-order valence-electron chi connectivity index (χ2n) is 5.26. The number of carbonyl (C=O) groups is 2. The maximum atomic E-state index is 11.6. The Labute approximate surface area is 113 Å². The van der Waals surface area contributed by atoms with Gasteiger partial charge >= 0.3 is 6.09 Å². The van der Waals surface area contributed by atoms with Crippen molar-refractivity contribution in [2.24, 2.45) is 0 Å². The summed E-state index contributed by atoms with van der Waals surface area (Å²) in [4.78, 5) is 24.4. The summed E-state index contributed by atoms with van der Waals surface area (Å²) in [5.41, 5.74) is 0.749. The summed E-state index contributed by atoms with van der Waals surface area (Å²) in [6.07, 6.45) is -0.518. The van der Waals surface area contributed by atoms with Crippen molar-refractivity contribution in [3.63, 3.8) is 0 Å². The lowest BCUT2D eigenvalue weighted by Crippen LogP contribution is -2.27. The van der Waals surface area contributed by atoms with Gasteiger partial charge in [-0.05, 0) is 39.0 Å². The van der Waals surface area contributed by atoms with E-state index < -0.39 is 11.7 Å². The predicted octanol–water partition coefficient (Wildman–Crippen LogP) is 3.02. The van der Waals surface area contributed by atoms with Gasteiger partial charge in [0, 0.05) is 25.3 Å². The van der Waals surface area contributed by atoms with E-state index in [0.717, 1.165) is 0 Å². The van der Waals surface area contributed by atoms with E-state index >= 15 is 0 Å². The molecule has 0 aliphatic heterocycles. The van der Waals surface area contributed by atoms with E-state index in [-0.39, 0.29) is 5.91 Å². The molecule has 1 rings (SSSR count). The zero-order chi connectivity index (χ0) is 14.6. The highest BCUT2D eigenvalue weighted by Crippen LogP contribution is 2.19. The van der Waals surface area contributed by atoms with Crippen molar-refractivity contribution in [3.05, 3.63) is 24.3 Å². The van der Waals surface area contributed by atoms with Crippen molar-refractivity contribution in [2.45, 2.75) is 33.3 Å². The van der Waals surface area contributed by atoms with Gasteiger partial charge in [0.1, 0.15) is 5.60 Å². The largest absolute Gasteiger partial charge is 0.444 e. The van der Waals surface area contributed by atoms with E-state index in [2.05, 4.69) is 5.32 Å². The summed E-state index contributed by atoms with van der Waals surface area (Å²) < 4.78 is 5.16. The number of rotatable bonds is 2. The first kappa shape index (κ1) is 15.0. The van der Waals surface area contributed by atoms with Crippen molar-refractivity contribution in [1.82, 2.24) is 0 Å². The maximum absolute atomic E-state index is 11.6. The van der Waals surface area contributed by atoms with Crippen LogP contribution in [0, 0.1) is 0 Å². The number of anilines is 2. The predicted molar refractivity (Wildman–Crippen MR) is 75.4 cm³/mol. The zero-order valence-corrected chi connectivity index (χ0v) is 12.0. The van der Waals surface area contributed by atoms with Gasteiger partial charge in [0.25, 0.3) is 0 Å². The Morgan fingerprint density at radius 1 is 1.26 bits per heavy atom. The third kappa shape index (κ3) is 4.99. The molecule has 0 fully saturated rings. The van der Waals surface area contributed by atoms with E-state index in [1.54, 1.807) is 52.1 Å². The van der Waals surface area contributed by atoms with E-state index in [1.807, 2.05) is 0 Å². The Morgan fingerprint density at radius 3 is 2.42 bits per heavy atom. The van der Waals surface area contributed by atoms with Gasteiger partial charge in [0.2, 0.25) is 5.91 Å². The smallest absolute Gasteiger partial charge is 0.412 e. The molecule has 0 radical (unpaired) electrons. The first-order valence-electron chi connectivity index (χ1n) is 6.03. The number of nitrogens with one attached hydrogen (secondary N) is 1. The summed E-state index contributed by atoms with van der Waals surface area (Å²) in [6, 6.07) is 7.01. The second-order valence-corrected chi connectivity index (χ2v) is 5.26.